The number of allylic oxidation sites excluding steroid dienone is 1. The monoisotopic (exact) mass is 234 g/mol. The molecule has 17 heavy (non-hydrogen) atoms. The fraction of sp³-hybridized carbons (Fsp3) is 0.357. The van der Waals surface area contributed by atoms with Crippen molar-refractivity contribution in [2.24, 2.45) is 0 Å². The number of para-hydroxylation sites is 1. The molecule has 1 aromatic carbocycles. The number of hydrogen-bond acceptors (Lipinski definition) is 3. The molecule has 0 unspecified atom stereocenters. The number of benzene rings is 1. The van der Waals surface area contributed by atoms with E-state index in [1.165, 1.54) is 0 Å². The van der Waals surface area contributed by atoms with Crippen molar-refractivity contribution in [2.45, 2.75) is 13.3 Å². The van der Waals surface area contributed by atoms with Gasteiger partial charge in [0.15, 0.2) is 6.29 Å². The first-order valence-corrected chi connectivity index (χ1v) is 5.72. The van der Waals surface area contributed by atoms with Crippen molar-refractivity contribution in [3.8, 4) is 5.75 Å². The van der Waals surface area contributed by atoms with Gasteiger partial charge in [-0.15, -0.1) is 6.58 Å². The molecule has 1 aromatic rings. The molecule has 0 aliphatic heterocycles. The quantitative estimate of drug-likeness (QED) is 0.394. The maximum absolute atomic E-state index is 10.9. The Labute approximate surface area is 102 Å². The summed E-state index contributed by atoms with van der Waals surface area (Å²) in [7, 11) is 0. The zero-order chi connectivity index (χ0) is 12.5. The lowest BCUT2D eigenvalue weighted by atomic mass is 10.1. The van der Waals surface area contributed by atoms with E-state index in [2.05, 4.69) is 6.58 Å². The van der Waals surface area contributed by atoms with Crippen LogP contribution in [0, 0.1) is 0 Å². The zero-order valence-corrected chi connectivity index (χ0v) is 10.1. The van der Waals surface area contributed by atoms with Crippen molar-refractivity contribution in [1.29, 1.82) is 0 Å². The maximum atomic E-state index is 10.9. The van der Waals surface area contributed by atoms with Crippen LogP contribution < -0.4 is 4.74 Å². The van der Waals surface area contributed by atoms with E-state index in [-0.39, 0.29) is 0 Å². The fourth-order valence-electron chi connectivity index (χ4n) is 1.54. The Morgan fingerprint density at radius 2 is 2.18 bits per heavy atom. The van der Waals surface area contributed by atoms with Gasteiger partial charge in [-0.25, -0.2) is 0 Å². The summed E-state index contributed by atoms with van der Waals surface area (Å²) in [4.78, 5) is 10.9. The highest BCUT2D eigenvalue weighted by Gasteiger charge is 2.08. The van der Waals surface area contributed by atoms with E-state index in [0.717, 1.165) is 11.8 Å². The molecule has 0 saturated carbocycles. The number of hydrogen-bond donors (Lipinski definition) is 0. The van der Waals surface area contributed by atoms with Crippen LogP contribution in [0.5, 0.6) is 5.75 Å². The predicted molar refractivity (Wildman–Crippen MR) is 67.7 cm³/mol. The molecule has 0 aliphatic carbocycles. The zero-order valence-electron chi connectivity index (χ0n) is 10.1. The molecule has 0 aromatic heterocycles. The van der Waals surface area contributed by atoms with Crippen molar-refractivity contribution in [3.63, 3.8) is 0 Å². The van der Waals surface area contributed by atoms with E-state index >= 15 is 0 Å². The van der Waals surface area contributed by atoms with Crippen LogP contribution in [0.4, 0.5) is 0 Å². The van der Waals surface area contributed by atoms with Crippen LogP contribution in [-0.2, 0) is 11.2 Å². The predicted octanol–water partition coefficient (Wildman–Crippen LogP) is 2.64. The SMILES string of the molecule is C=CCc1cccc(C=O)c1OCCOCC. The molecule has 0 N–H and O–H groups in total. The minimum atomic E-state index is 0.447. The molecule has 0 radical (unpaired) electrons. The van der Waals surface area contributed by atoms with E-state index in [9.17, 15) is 4.79 Å². The molecule has 0 aliphatic rings. The summed E-state index contributed by atoms with van der Waals surface area (Å²) in [6.07, 6.45) is 3.29. The summed E-state index contributed by atoms with van der Waals surface area (Å²) in [5.41, 5.74) is 1.54. The van der Waals surface area contributed by atoms with Crippen LogP contribution in [0.1, 0.15) is 22.8 Å². The van der Waals surface area contributed by atoms with Crippen molar-refractivity contribution in [3.05, 3.63) is 42.0 Å². The van der Waals surface area contributed by atoms with Crippen molar-refractivity contribution < 1.29 is 14.3 Å². The molecule has 1 rings (SSSR count). The van der Waals surface area contributed by atoms with Crippen LogP contribution in [0.2, 0.25) is 0 Å². The highest BCUT2D eigenvalue weighted by Crippen LogP contribution is 2.23. The third-order valence-electron chi connectivity index (χ3n) is 2.30. The minimum absolute atomic E-state index is 0.447. The Morgan fingerprint density at radius 1 is 1.35 bits per heavy atom. The van der Waals surface area contributed by atoms with Gasteiger partial charge in [0, 0.05) is 6.61 Å². The second-order valence-corrected chi connectivity index (χ2v) is 3.49. The average Bonchev–Trinajstić information content (AvgIpc) is 2.36. The van der Waals surface area contributed by atoms with Crippen molar-refractivity contribution >= 4 is 6.29 Å². The summed E-state index contributed by atoms with van der Waals surface area (Å²) in [5.74, 6) is 0.641. The molecule has 0 spiro atoms. The Kier molecular flexibility index (Phi) is 6.04. The van der Waals surface area contributed by atoms with E-state index in [1.807, 2.05) is 19.1 Å². The Bertz CT molecular complexity index is 372. The molecular weight excluding hydrogens is 216 g/mol. The molecule has 92 valence electrons. The molecule has 0 heterocycles. The first kappa shape index (κ1) is 13.5. The number of aldehydes is 1. The summed E-state index contributed by atoms with van der Waals surface area (Å²) >= 11 is 0. The molecule has 0 atom stereocenters. The lowest BCUT2D eigenvalue weighted by molar-refractivity contribution is 0.106. The summed E-state index contributed by atoms with van der Waals surface area (Å²) in [6.45, 7) is 7.26. The van der Waals surface area contributed by atoms with Gasteiger partial charge in [0.25, 0.3) is 0 Å². The highest BCUT2D eigenvalue weighted by atomic mass is 16.5. The molecule has 0 saturated heterocycles. The topological polar surface area (TPSA) is 35.5 Å². The van der Waals surface area contributed by atoms with Crippen LogP contribution >= 0.6 is 0 Å². The van der Waals surface area contributed by atoms with E-state index in [0.29, 0.717) is 37.6 Å². The van der Waals surface area contributed by atoms with Crippen LogP contribution in [0.3, 0.4) is 0 Å². The molecule has 0 bridgehead atoms. The molecule has 0 fully saturated rings. The Balaban J connectivity index is 2.77. The average molecular weight is 234 g/mol. The second-order valence-electron chi connectivity index (χ2n) is 3.49. The molecule has 0 amide bonds. The number of carbonyl (C=O) groups excluding carboxylic acids is 1. The van der Waals surface area contributed by atoms with Crippen molar-refractivity contribution in [1.82, 2.24) is 0 Å². The third-order valence-corrected chi connectivity index (χ3v) is 2.30. The van der Waals surface area contributed by atoms with Gasteiger partial charge in [-0.05, 0) is 25.0 Å². The third kappa shape index (κ3) is 4.04. The first-order valence-electron chi connectivity index (χ1n) is 5.72. The lowest BCUT2D eigenvalue weighted by Gasteiger charge is -2.12. The van der Waals surface area contributed by atoms with Gasteiger partial charge < -0.3 is 9.47 Å². The molecule has 3 heteroatoms. The van der Waals surface area contributed by atoms with E-state index < -0.39 is 0 Å². The largest absolute Gasteiger partial charge is 0.490 e. The Morgan fingerprint density at radius 3 is 2.82 bits per heavy atom. The minimum Gasteiger partial charge on any atom is -0.490 e. The van der Waals surface area contributed by atoms with E-state index in [4.69, 9.17) is 9.47 Å². The van der Waals surface area contributed by atoms with Gasteiger partial charge in [0.2, 0.25) is 0 Å². The van der Waals surface area contributed by atoms with Crippen LogP contribution in [-0.4, -0.2) is 26.1 Å². The number of rotatable bonds is 8. The fourth-order valence-corrected chi connectivity index (χ4v) is 1.54. The highest BCUT2D eigenvalue weighted by molar-refractivity contribution is 5.80. The van der Waals surface area contributed by atoms with Gasteiger partial charge in [-0.3, -0.25) is 4.79 Å². The number of carbonyl (C=O) groups is 1. The van der Waals surface area contributed by atoms with E-state index in [1.54, 1.807) is 12.1 Å². The first-order chi connectivity index (χ1) is 8.33. The number of ether oxygens (including phenoxy) is 2. The molecular formula is C14H18O3. The summed E-state index contributed by atoms with van der Waals surface area (Å²) < 4.78 is 10.8. The van der Waals surface area contributed by atoms with Gasteiger partial charge >= 0.3 is 0 Å². The van der Waals surface area contributed by atoms with Gasteiger partial charge in [0.05, 0.1) is 12.2 Å². The summed E-state index contributed by atoms with van der Waals surface area (Å²) in [5, 5.41) is 0. The van der Waals surface area contributed by atoms with Gasteiger partial charge in [0.1, 0.15) is 12.4 Å². The standard InChI is InChI=1S/C14H18O3/c1-3-6-12-7-5-8-13(11-15)14(12)17-10-9-16-4-2/h3,5,7-8,11H,1,4,6,9-10H2,2H3. The van der Waals surface area contributed by atoms with Crippen LogP contribution in [0.15, 0.2) is 30.9 Å². The normalized spacial score (nSPS) is 9.94. The summed E-state index contributed by atoms with van der Waals surface area (Å²) in [6, 6.07) is 5.53. The van der Waals surface area contributed by atoms with Gasteiger partial charge in [-0.1, -0.05) is 18.2 Å². The van der Waals surface area contributed by atoms with Gasteiger partial charge in [-0.2, -0.15) is 0 Å². The molecule has 3 nitrogen and oxygen atoms in total. The Hall–Kier alpha value is -1.61. The smallest absolute Gasteiger partial charge is 0.153 e. The van der Waals surface area contributed by atoms with Crippen LogP contribution in [0.25, 0.3) is 0 Å². The second kappa shape index (κ2) is 7.63. The van der Waals surface area contributed by atoms with Crippen molar-refractivity contribution in [2.75, 3.05) is 19.8 Å². The lowest BCUT2D eigenvalue weighted by Crippen LogP contribution is -2.09. The maximum Gasteiger partial charge on any atom is 0.153 e.